The molecule has 1 aromatic heterocycles. The van der Waals surface area contributed by atoms with Crippen molar-refractivity contribution in [1.29, 1.82) is 0 Å². The molecule has 1 saturated heterocycles. The number of fused-ring (bicyclic) bond motifs is 1. The predicted octanol–water partition coefficient (Wildman–Crippen LogP) is 4.21. The van der Waals surface area contributed by atoms with E-state index in [1.807, 2.05) is 6.07 Å². The van der Waals surface area contributed by atoms with Crippen LogP contribution in [0.5, 0.6) is 0 Å². The van der Waals surface area contributed by atoms with Crippen molar-refractivity contribution in [3.05, 3.63) is 35.0 Å². The molecule has 1 fully saturated rings. The fourth-order valence-corrected chi connectivity index (χ4v) is 3.23. The molecule has 1 aliphatic heterocycles. The van der Waals surface area contributed by atoms with Gasteiger partial charge in [0.2, 0.25) is 0 Å². The zero-order chi connectivity index (χ0) is 13.2. The van der Waals surface area contributed by atoms with Crippen molar-refractivity contribution < 1.29 is 0 Å². The highest BCUT2D eigenvalue weighted by molar-refractivity contribution is 6.31. The molecule has 102 valence electrons. The van der Waals surface area contributed by atoms with Gasteiger partial charge in [-0.15, -0.1) is 0 Å². The first-order valence-electron chi connectivity index (χ1n) is 7.20. The van der Waals surface area contributed by atoms with E-state index in [0.717, 1.165) is 11.6 Å². The summed E-state index contributed by atoms with van der Waals surface area (Å²) in [4.78, 5) is 2.59. The first kappa shape index (κ1) is 13.0. The van der Waals surface area contributed by atoms with Gasteiger partial charge in [0.15, 0.2) is 0 Å². The molecule has 3 rings (SSSR count). The molecule has 0 bridgehead atoms. The topological polar surface area (TPSA) is 8.17 Å². The van der Waals surface area contributed by atoms with Crippen LogP contribution in [0, 0.1) is 0 Å². The number of likely N-dealkylation sites (tertiary alicyclic amines) is 1. The maximum absolute atomic E-state index is 6.07. The van der Waals surface area contributed by atoms with Crippen molar-refractivity contribution in [2.24, 2.45) is 7.05 Å². The van der Waals surface area contributed by atoms with Gasteiger partial charge in [-0.25, -0.2) is 0 Å². The molecular formula is C16H21ClN2. The Bertz CT molecular complexity index is 565. The number of aryl methyl sites for hydroxylation is 1. The molecule has 0 amide bonds. The summed E-state index contributed by atoms with van der Waals surface area (Å²) in [5, 5.41) is 2.07. The number of rotatable bonds is 2. The van der Waals surface area contributed by atoms with Crippen LogP contribution in [-0.2, 0) is 13.6 Å². The van der Waals surface area contributed by atoms with Gasteiger partial charge in [-0.2, -0.15) is 0 Å². The Morgan fingerprint density at radius 2 is 1.79 bits per heavy atom. The van der Waals surface area contributed by atoms with E-state index in [4.69, 9.17) is 11.6 Å². The molecule has 3 heteroatoms. The fraction of sp³-hybridized carbons (Fsp3) is 0.500. The van der Waals surface area contributed by atoms with E-state index in [0.29, 0.717) is 0 Å². The number of benzene rings is 1. The molecular weight excluding hydrogens is 256 g/mol. The van der Waals surface area contributed by atoms with Crippen LogP contribution in [0.4, 0.5) is 0 Å². The largest absolute Gasteiger partial charge is 0.346 e. The number of hydrogen-bond donors (Lipinski definition) is 0. The average molecular weight is 277 g/mol. The maximum Gasteiger partial charge on any atom is 0.0481 e. The van der Waals surface area contributed by atoms with Gasteiger partial charge in [0, 0.05) is 35.2 Å². The second-order valence-electron chi connectivity index (χ2n) is 5.59. The summed E-state index contributed by atoms with van der Waals surface area (Å²) < 4.78 is 2.30. The van der Waals surface area contributed by atoms with Gasteiger partial charge in [-0.05, 0) is 50.2 Å². The van der Waals surface area contributed by atoms with Crippen LogP contribution in [0.3, 0.4) is 0 Å². The van der Waals surface area contributed by atoms with Crippen molar-refractivity contribution in [2.45, 2.75) is 32.2 Å². The quantitative estimate of drug-likeness (QED) is 0.798. The third kappa shape index (κ3) is 2.80. The Balaban J connectivity index is 1.85. The van der Waals surface area contributed by atoms with Crippen LogP contribution in [0.1, 0.15) is 31.4 Å². The lowest BCUT2D eigenvalue weighted by Crippen LogP contribution is -2.25. The second-order valence-corrected chi connectivity index (χ2v) is 6.02. The van der Waals surface area contributed by atoms with Crippen molar-refractivity contribution >= 4 is 22.5 Å². The summed E-state index contributed by atoms with van der Waals surface area (Å²) in [5.41, 5.74) is 2.66. The zero-order valence-electron chi connectivity index (χ0n) is 11.5. The molecule has 19 heavy (non-hydrogen) atoms. The molecule has 2 heterocycles. The van der Waals surface area contributed by atoms with Crippen LogP contribution >= 0.6 is 11.6 Å². The summed E-state index contributed by atoms with van der Waals surface area (Å²) in [6.45, 7) is 3.54. The molecule has 2 aromatic rings. The van der Waals surface area contributed by atoms with Gasteiger partial charge < -0.3 is 4.57 Å². The van der Waals surface area contributed by atoms with Crippen molar-refractivity contribution in [3.8, 4) is 0 Å². The lowest BCUT2D eigenvalue weighted by atomic mass is 10.2. The summed E-state index contributed by atoms with van der Waals surface area (Å²) in [7, 11) is 2.16. The molecule has 0 saturated carbocycles. The number of hydrogen-bond acceptors (Lipinski definition) is 1. The van der Waals surface area contributed by atoms with Crippen LogP contribution in [0.25, 0.3) is 10.9 Å². The highest BCUT2D eigenvalue weighted by Gasteiger charge is 2.12. The minimum Gasteiger partial charge on any atom is -0.346 e. The summed E-state index contributed by atoms with van der Waals surface area (Å²) in [5.74, 6) is 0. The van der Waals surface area contributed by atoms with Gasteiger partial charge in [-0.3, -0.25) is 4.90 Å². The van der Waals surface area contributed by atoms with E-state index in [1.54, 1.807) is 0 Å². The monoisotopic (exact) mass is 276 g/mol. The van der Waals surface area contributed by atoms with E-state index in [9.17, 15) is 0 Å². The van der Waals surface area contributed by atoms with E-state index in [-0.39, 0.29) is 0 Å². The SMILES string of the molecule is Cn1c(CN2CCCCCC2)cc2cc(Cl)ccc21. The third-order valence-electron chi connectivity index (χ3n) is 4.19. The van der Waals surface area contributed by atoms with Gasteiger partial charge in [0.25, 0.3) is 0 Å². The van der Waals surface area contributed by atoms with Crippen LogP contribution in [-0.4, -0.2) is 22.6 Å². The van der Waals surface area contributed by atoms with Crippen molar-refractivity contribution in [3.63, 3.8) is 0 Å². The molecule has 0 N–H and O–H groups in total. The fourth-order valence-electron chi connectivity index (χ4n) is 3.05. The Kier molecular flexibility index (Phi) is 3.81. The summed E-state index contributed by atoms with van der Waals surface area (Å²) >= 11 is 6.07. The molecule has 2 nitrogen and oxygen atoms in total. The highest BCUT2D eigenvalue weighted by Crippen LogP contribution is 2.24. The third-order valence-corrected chi connectivity index (χ3v) is 4.42. The minimum absolute atomic E-state index is 0.819. The zero-order valence-corrected chi connectivity index (χ0v) is 12.3. The summed E-state index contributed by atoms with van der Waals surface area (Å²) in [6.07, 6.45) is 5.47. The Morgan fingerprint density at radius 1 is 1.05 bits per heavy atom. The molecule has 0 aliphatic carbocycles. The first-order valence-corrected chi connectivity index (χ1v) is 7.58. The van der Waals surface area contributed by atoms with Crippen LogP contribution in [0.15, 0.2) is 24.3 Å². The molecule has 0 radical (unpaired) electrons. The molecule has 1 aliphatic rings. The molecule has 1 aromatic carbocycles. The van der Waals surface area contributed by atoms with E-state index >= 15 is 0 Å². The van der Waals surface area contributed by atoms with Gasteiger partial charge in [0.1, 0.15) is 0 Å². The Labute approximate surface area is 120 Å². The Morgan fingerprint density at radius 3 is 2.53 bits per heavy atom. The maximum atomic E-state index is 6.07. The van der Waals surface area contributed by atoms with E-state index < -0.39 is 0 Å². The van der Waals surface area contributed by atoms with Crippen LogP contribution < -0.4 is 0 Å². The predicted molar refractivity (Wildman–Crippen MR) is 81.7 cm³/mol. The second kappa shape index (κ2) is 5.56. The van der Waals surface area contributed by atoms with Gasteiger partial charge in [-0.1, -0.05) is 24.4 Å². The van der Waals surface area contributed by atoms with E-state index in [2.05, 4.69) is 34.7 Å². The highest BCUT2D eigenvalue weighted by atomic mass is 35.5. The number of aromatic nitrogens is 1. The van der Waals surface area contributed by atoms with Crippen molar-refractivity contribution in [1.82, 2.24) is 9.47 Å². The van der Waals surface area contributed by atoms with E-state index in [1.165, 1.54) is 55.4 Å². The first-order chi connectivity index (χ1) is 9.24. The average Bonchev–Trinajstić information content (AvgIpc) is 2.58. The summed E-state index contributed by atoms with van der Waals surface area (Å²) in [6, 6.07) is 8.43. The van der Waals surface area contributed by atoms with Crippen LogP contribution in [0.2, 0.25) is 5.02 Å². The number of nitrogens with zero attached hydrogens (tertiary/aromatic N) is 2. The molecule has 0 atom stereocenters. The lowest BCUT2D eigenvalue weighted by molar-refractivity contribution is 0.271. The number of halogens is 1. The minimum atomic E-state index is 0.819. The molecule has 0 spiro atoms. The van der Waals surface area contributed by atoms with Gasteiger partial charge in [0.05, 0.1) is 0 Å². The van der Waals surface area contributed by atoms with Gasteiger partial charge >= 0.3 is 0 Å². The Hall–Kier alpha value is -0.990. The molecule has 0 unspecified atom stereocenters. The van der Waals surface area contributed by atoms with Crippen molar-refractivity contribution in [2.75, 3.05) is 13.1 Å². The normalized spacial score (nSPS) is 17.8. The lowest BCUT2D eigenvalue weighted by Gasteiger charge is -2.20. The standard InChI is InChI=1S/C16H21ClN2/c1-18-15(12-19-8-4-2-3-5-9-19)11-13-10-14(17)6-7-16(13)18/h6-7,10-11H,2-5,8-9,12H2,1H3. The smallest absolute Gasteiger partial charge is 0.0481 e.